The average molecular weight is 536 g/mol. The molecule has 3 heterocycles. The largest absolute Gasteiger partial charge is 0.462 e. The van der Waals surface area contributed by atoms with Crippen LogP contribution in [0.5, 0.6) is 0 Å². The molecule has 1 atom stereocenters. The molecule has 2 bridgehead atoms. The topological polar surface area (TPSA) is 55.8 Å². The van der Waals surface area contributed by atoms with E-state index in [-0.39, 0.29) is 36.0 Å². The Labute approximate surface area is 227 Å². The number of rotatable bonds is 9. The van der Waals surface area contributed by atoms with Crippen molar-refractivity contribution in [1.29, 1.82) is 0 Å². The number of fused-ring (bicyclic) bond motifs is 3. The quantitative estimate of drug-likeness (QED) is 0.193. The smallest absolute Gasteiger partial charge is 0.415 e. The van der Waals surface area contributed by atoms with E-state index >= 15 is 0 Å². The van der Waals surface area contributed by atoms with Crippen molar-refractivity contribution in [1.82, 2.24) is 0 Å². The van der Waals surface area contributed by atoms with Gasteiger partial charge in [0.1, 0.15) is 18.2 Å². The summed E-state index contributed by atoms with van der Waals surface area (Å²) in [6.07, 6.45) is 1.71. The van der Waals surface area contributed by atoms with Gasteiger partial charge in [-0.2, -0.15) is 0 Å². The predicted octanol–water partition coefficient (Wildman–Crippen LogP) is 5.96. The Morgan fingerprint density at radius 3 is 2.31 bits per heavy atom. The molecular formula is C31H33F2N2O4+. The molecule has 3 saturated heterocycles. The number of quaternary nitrogens is 1. The summed E-state index contributed by atoms with van der Waals surface area (Å²) in [5, 5.41) is 0. The molecule has 0 N–H and O–H groups in total. The number of anilines is 1. The highest BCUT2D eigenvalue weighted by Crippen LogP contribution is 2.36. The molecule has 0 saturated carbocycles. The average Bonchev–Trinajstić information content (AvgIpc) is 2.96. The summed E-state index contributed by atoms with van der Waals surface area (Å²) in [5.41, 5.74) is 1.33. The Morgan fingerprint density at radius 2 is 1.59 bits per heavy atom. The van der Waals surface area contributed by atoms with Gasteiger partial charge in [-0.1, -0.05) is 42.5 Å². The van der Waals surface area contributed by atoms with Gasteiger partial charge in [-0.05, 0) is 42.0 Å². The Kier molecular flexibility index (Phi) is 8.21. The fraction of sp³-hybridized carbons (Fsp3) is 0.355. The summed E-state index contributed by atoms with van der Waals surface area (Å²) < 4.78 is 40.5. The zero-order valence-corrected chi connectivity index (χ0v) is 21.8. The van der Waals surface area contributed by atoms with Gasteiger partial charge in [0.15, 0.2) is 6.10 Å². The monoisotopic (exact) mass is 535 g/mol. The number of hydrogen-bond donors (Lipinski definition) is 0. The van der Waals surface area contributed by atoms with Gasteiger partial charge in [0, 0.05) is 25.2 Å². The van der Waals surface area contributed by atoms with Crippen molar-refractivity contribution in [2.45, 2.75) is 31.9 Å². The summed E-state index contributed by atoms with van der Waals surface area (Å²) in [7, 11) is 0. The van der Waals surface area contributed by atoms with Crippen LogP contribution in [0.2, 0.25) is 0 Å². The van der Waals surface area contributed by atoms with E-state index in [1.807, 2.05) is 6.07 Å². The number of amides is 1. The van der Waals surface area contributed by atoms with Gasteiger partial charge in [-0.15, -0.1) is 0 Å². The lowest BCUT2D eigenvalue weighted by Gasteiger charge is -2.52. The SMILES string of the molecule is O=C(OCCC[N+]12CCC(CC1)[C@@H](OC(=O)N(Cc1ccc(F)cc1)c1ccccc1F)C2)c1ccccc1. The number of halogens is 2. The molecular weight excluding hydrogens is 502 g/mol. The lowest BCUT2D eigenvalue weighted by atomic mass is 9.83. The van der Waals surface area contributed by atoms with E-state index in [2.05, 4.69) is 0 Å². The molecule has 0 unspecified atom stereocenters. The highest BCUT2D eigenvalue weighted by Gasteiger charge is 2.47. The fourth-order valence-electron chi connectivity index (χ4n) is 5.78. The van der Waals surface area contributed by atoms with Crippen LogP contribution in [0.15, 0.2) is 78.9 Å². The van der Waals surface area contributed by atoms with E-state index in [0.717, 1.165) is 43.4 Å². The summed E-state index contributed by atoms with van der Waals surface area (Å²) >= 11 is 0. The molecule has 3 fully saturated rings. The van der Waals surface area contributed by atoms with E-state index in [1.165, 1.54) is 23.1 Å². The lowest BCUT2D eigenvalue weighted by Crippen LogP contribution is -2.65. The first-order valence-electron chi connectivity index (χ1n) is 13.5. The van der Waals surface area contributed by atoms with Gasteiger partial charge < -0.3 is 14.0 Å². The van der Waals surface area contributed by atoms with E-state index in [9.17, 15) is 18.4 Å². The molecule has 3 aromatic carbocycles. The molecule has 6 nitrogen and oxygen atoms in total. The first-order valence-corrected chi connectivity index (χ1v) is 13.5. The van der Waals surface area contributed by atoms with E-state index in [0.29, 0.717) is 24.3 Å². The molecule has 1 amide bonds. The van der Waals surface area contributed by atoms with Crippen LogP contribution in [0, 0.1) is 17.6 Å². The van der Waals surface area contributed by atoms with Crippen LogP contribution >= 0.6 is 0 Å². The Morgan fingerprint density at radius 1 is 0.897 bits per heavy atom. The molecule has 3 aromatic rings. The maximum atomic E-state index is 14.7. The summed E-state index contributed by atoms with van der Waals surface area (Å²) in [6.45, 7) is 3.90. The second kappa shape index (κ2) is 11.9. The number of ether oxygens (including phenoxy) is 2. The number of nitrogens with zero attached hydrogens (tertiary/aromatic N) is 2. The van der Waals surface area contributed by atoms with Crippen molar-refractivity contribution in [3.63, 3.8) is 0 Å². The minimum atomic E-state index is -0.613. The van der Waals surface area contributed by atoms with Crippen LogP contribution in [0.4, 0.5) is 19.3 Å². The maximum absolute atomic E-state index is 14.7. The number of carbonyl (C=O) groups excluding carboxylic acids is 2. The molecule has 3 aliphatic rings. The summed E-state index contributed by atoms with van der Waals surface area (Å²) in [5.74, 6) is -0.971. The van der Waals surface area contributed by atoms with Crippen LogP contribution in [-0.4, -0.2) is 55.4 Å². The fourth-order valence-corrected chi connectivity index (χ4v) is 5.78. The zero-order chi connectivity index (χ0) is 27.2. The lowest BCUT2D eigenvalue weighted by molar-refractivity contribution is -0.946. The summed E-state index contributed by atoms with van der Waals surface area (Å²) in [6, 6.07) is 20.8. The van der Waals surface area contributed by atoms with E-state index < -0.39 is 11.9 Å². The van der Waals surface area contributed by atoms with Crippen molar-refractivity contribution >= 4 is 17.7 Å². The number of carbonyl (C=O) groups is 2. The zero-order valence-electron chi connectivity index (χ0n) is 21.8. The number of piperidine rings is 3. The number of hydrogen-bond acceptors (Lipinski definition) is 4. The van der Waals surface area contributed by atoms with Gasteiger partial charge in [-0.3, -0.25) is 4.90 Å². The molecule has 0 aliphatic carbocycles. The van der Waals surface area contributed by atoms with Crippen LogP contribution in [0.1, 0.15) is 35.2 Å². The highest BCUT2D eigenvalue weighted by molar-refractivity contribution is 5.89. The first-order chi connectivity index (χ1) is 18.9. The van der Waals surface area contributed by atoms with Gasteiger partial charge in [0.25, 0.3) is 0 Å². The van der Waals surface area contributed by atoms with Crippen LogP contribution in [0.25, 0.3) is 0 Å². The van der Waals surface area contributed by atoms with Crippen LogP contribution in [-0.2, 0) is 16.0 Å². The maximum Gasteiger partial charge on any atom is 0.415 e. The third-order valence-corrected chi connectivity index (χ3v) is 7.93. The number of esters is 1. The van der Waals surface area contributed by atoms with Gasteiger partial charge in [-0.25, -0.2) is 18.4 Å². The molecule has 0 spiro atoms. The van der Waals surface area contributed by atoms with Gasteiger partial charge >= 0.3 is 12.1 Å². The normalized spacial score (nSPS) is 21.8. The minimum Gasteiger partial charge on any atom is -0.462 e. The second-order valence-corrected chi connectivity index (χ2v) is 10.5. The third kappa shape index (κ3) is 6.45. The molecule has 6 rings (SSSR count). The van der Waals surface area contributed by atoms with Crippen molar-refractivity contribution in [2.24, 2.45) is 5.92 Å². The van der Waals surface area contributed by atoms with Crippen LogP contribution < -0.4 is 4.90 Å². The Balaban J connectivity index is 1.22. The van der Waals surface area contributed by atoms with E-state index in [4.69, 9.17) is 9.47 Å². The van der Waals surface area contributed by atoms with Crippen molar-refractivity contribution in [3.05, 3.63) is 102 Å². The van der Waals surface area contributed by atoms with Crippen molar-refractivity contribution in [2.75, 3.05) is 37.7 Å². The Bertz CT molecular complexity index is 1280. The molecule has 39 heavy (non-hydrogen) atoms. The highest BCUT2D eigenvalue weighted by atomic mass is 19.1. The molecule has 204 valence electrons. The van der Waals surface area contributed by atoms with E-state index in [1.54, 1.807) is 54.6 Å². The molecule has 0 aromatic heterocycles. The van der Waals surface area contributed by atoms with Gasteiger partial charge in [0.05, 0.1) is 44.0 Å². The van der Waals surface area contributed by atoms with Gasteiger partial charge in [0.2, 0.25) is 0 Å². The summed E-state index contributed by atoms with van der Waals surface area (Å²) in [4.78, 5) is 27.0. The molecule has 3 aliphatic heterocycles. The third-order valence-electron chi connectivity index (χ3n) is 7.93. The number of benzene rings is 3. The molecule has 0 radical (unpaired) electrons. The second-order valence-electron chi connectivity index (χ2n) is 10.5. The predicted molar refractivity (Wildman–Crippen MR) is 143 cm³/mol. The van der Waals surface area contributed by atoms with Crippen LogP contribution in [0.3, 0.4) is 0 Å². The standard InChI is InChI=1S/C31H33F2N2O4/c32-26-13-11-23(12-14-26)21-34(28-10-5-4-9-27(28)33)31(37)39-29-22-35(18-15-24(29)16-19-35)17-6-20-38-30(36)25-7-2-1-3-8-25/h1-5,7-14,24,29H,6,15-22H2/q+1/t24?,29-,35?/m0/s1. The number of para-hydroxylation sites is 1. The molecule has 8 heteroatoms. The first kappa shape index (κ1) is 26.8. The Hall–Kier alpha value is -3.78. The minimum absolute atomic E-state index is 0.0597. The van der Waals surface area contributed by atoms with Crippen molar-refractivity contribution < 1.29 is 32.3 Å². The van der Waals surface area contributed by atoms with Crippen molar-refractivity contribution in [3.8, 4) is 0 Å².